The van der Waals surface area contributed by atoms with Crippen molar-refractivity contribution in [3.63, 3.8) is 0 Å². The van der Waals surface area contributed by atoms with E-state index in [0.717, 1.165) is 31.5 Å². The van der Waals surface area contributed by atoms with Gasteiger partial charge in [-0.1, -0.05) is 19.1 Å². The minimum absolute atomic E-state index is 0.0721. The first-order valence-electron chi connectivity index (χ1n) is 10.7. The van der Waals surface area contributed by atoms with Crippen LogP contribution in [0.2, 0.25) is 0 Å². The fourth-order valence-electron chi connectivity index (χ4n) is 4.17. The number of aryl methyl sites for hydroxylation is 2. The van der Waals surface area contributed by atoms with E-state index >= 15 is 0 Å². The zero-order valence-electron chi connectivity index (χ0n) is 18.2. The van der Waals surface area contributed by atoms with Gasteiger partial charge in [0.2, 0.25) is 5.95 Å². The zero-order valence-corrected chi connectivity index (χ0v) is 18.2. The molecule has 2 atom stereocenters. The van der Waals surface area contributed by atoms with Crippen molar-refractivity contribution in [3.8, 4) is 5.75 Å². The highest BCUT2D eigenvalue weighted by Crippen LogP contribution is 2.25. The molecular weight excluding hydrogens is 398 g/mol. The van der Waals surface area contributed by atoms with Crippen LogP contribution in [-0.4, -0.2) is 50.0 Å². The van der Waals surface area contributed by atoms with Crippen LogP contribution >= 0.6 is 0 Å². The lowest BCUT2D eigenvalue weighted by Gasteiger charge is -2.32. The third-order valence-corrected chi connectivity index (χ3v) is 5.75. The minimum atomic E-state index is -0.865. The topological polar surface area (TPSA) is 105 Å². The van der Waals surface area contributed by atoms with Crippen LogP contribution in [0.5, 0.6) is 5.75 Å². The fourth-order valence-corrected chi connectivity index (χ4v) is 4.17. The molecule has 4 rings (SSSR count). The van der Waals surface area contributed by atoms with Crippen molar-refractivity contribution in [2.24, 2.45) is 13.0 Å². The van der Waals surface area contributed by atoms with Crippen LogP contribution in [0, 0.1) is 12.8 Å². The Morgan fingerprint density at radius 1 is 1.35 bits per heavy atom. The van der Waals surface area contributed by atoms with Crippen molar-refractivity contribution in [1.29, 1.82) is 0 Å². The molecule has 9 heteroatoms. The maximum absolute atomic E-state index is 12.7. The monoisotopic (exact) mass is 427 g/mol. The number of rotatable bonds is 6. The van der Waals surface area contributed by atoms with Gasteiger partial charge in [0, 0.05) is 20.1 Å². The van der Waals surface area contributed by atoms with Crippen LogP contribution in [0.3, 0.4) is 0 Å². The quantitative estimate of drug-likeness (QED) is 0.616. The lowest BCUT2D eigenvalue weighted by atomic mass is 10.0. The molecule has 2 N–H and O–H groups in total. The van der Waals surface area contributed by atoms with Gasteiger partial charge in [0.15, 0.2) is 11.2 Å². The molecule has 0 unspecified atom stereocenters. The average molecular weight is 428 g/mol. The summed E-state index contributed by atoms with van der Waals surface area (Å²) in [4.78, 5) is 33.9. The van der Waals surface area contributed by atoms with Gasteiger partial charge in [-0.05, 0) is 43.4 Å². The van der Waals surface area contributed by atoms with Crippen molar-refractivity contribution < 1.29 is 9.84 Å². The third kappa shape index (κ3) is 4.36. The molecule has 0 bridgehead atoms. The Morgan fingerprint density at radius 3 is 2.90 bits per heavy atom. The largest absolute Gasteiger partial charge is 0.491 e. The number of H-pyrrole nitrogens is 1. The Labute approximate surface area is 179 Å². The van der Waals surface area contributed by atoms with Gasteiger partial charge in [-0.15, -0.1) is 0 Å². The maximum Gasteiger partial charge on any atom is 0.329 e. The maximum atomic E-state index is 12.7. The smallest absolute Gasteiger partial charge is 0.329 e. The number of imidazole rings is 1. The summed E-state index contributed by atoms with van der Waals surface area (Å²) in [6.07, 6.45) is 1.30. The molecule has 0 aliphatic carbocycles. The van der Waals surface area contributed by atoms with Gasteiger partial charge in [0.1, 0.15) is 18.5 Å². The summed E-state index contributed by atoms with van der Waals surface area (Å²) in [7, 11) is 1.58. The molecular formula is C22H29N5O4. The molecule has 166 valence electrons. The van der Waals surface area contributed by atoms with Crippen molar-refractivity contribution in [1.82, 2.24) is 19.1 Å². The number of ether oxygens (including phenoxy) is 1. The molecule has 1 aliphatic heterocycles. The SMILES string of the molecule is Cc1cccc(OC[C@@H](O)Cn2c(N3CCC[C@@H](C)C3)nc3c2c(=O)[nH]c(=O)n3C)c1. The van der Waals surface area contributed by atoms with E-state index in [2.05, 4.69) is 21.8 Å². The number of aliphatic hydroxyl groups excluding tert-OH is 1. The molecule has 0 saturated carbocycles. The Balaban J connectivity index is 1.67. The van der Waals surface area contributed by atoms with Gasteiger partial charge >= 0.3 is 5.69 Å². The summed E-state index contributed by atoms with van der Waals surface area (Å²) in [6, 6.07) is 7.62. The highest BCUT2D eigenvalue weighted by atomic mass is 16.5. The van der Waals surface area contributed by atoms with E-state index in [-0.39, 0.29) is 18.7 Å². The molecule has 31 heavy (non-hydrogen) atoms. The summed E-state index contributed by atoms with van der Waals surface area (Å²) in [5.74, 6) is 1.78. The zero-order chi connectivity index (χ0) is 22.1. The Bertz CT molecular complexity index is 1190. The first-order chi connectivity index (χ1) is 14.8. The Morgan fingerprint density at radius 2 is 2.16 bits per heavy atom. The second kappa shape index (κ2) is 8.58. The first kappa shape index (κ1) is 21.2. The molecule has 1 aromatic carbocycles. The van der Waals surface area contributed by atoms with Crippen LogP contribution in [0.15, 0.2) is 33.9 Å². The number of aromatic nitrogens is 4. The van der Waals surface area contributed by atoms with Crippen LogP contribution < -0.4 is 20.9 Å². The average Bonchev–Trinajstić information content (AvgIpc) is 3.10. The predicted molar refractivity (Wildman–Crippen MR) is 119 cm³/mol. The summed E-state index contributed by atoms with van der Waals surface area (Å²) in [5, 5.41) is 10.7. The molecule has 1 fully saturated rings. The van der Waals surface area contributed by atoms with E-state index in [9.17, 15) is 14.7 Å². The number of nitrogens with zero attached hydrogens (tertiary/aromatic N) is 4. The molecule has 0 spiro atoms. The third-order valence-electron chi connectivity index (χ3n) is 5.75. The number of aliphatic hydroxyl groups is 1. The summed E-state index contributed by atoms with van der Waals surface area (Å²) >= 11 is 0. The molecule has 1 aliphatic rings. The van der Waals surface area contributed by atoms with Gasteiger partial charge in [-0.25, -0.2) is 4.79 Å². The Hall–Kier alpha value is -3.07. The van der Waals surface area contributed by atoms with Gasteiger partial charge < -0.3 is 19.3 Å². The van der Waals surface area contributed by atoms with E-state index in [1.807, 2.05) is 31.2 Å². The lowest BCUT2D eigenvalue weighted by Crippen LogP contribution is -2.37. The normalized spacial score (nSPS) is 17.8. The molecule has 2 aromatic heterocycles. The minimum Gasteiger partial charge on any atom is -0.491 e. The molecule has 3 aromatic rings. The lowest BCUT2D eigenvalue weighted by molar-refractivity contribution is 0.0935. The number of fused-ring (bicyclic) bond motifs is 1. The number of nitrogens with one attached hydrogen (secondary N) is 1. The van der Waals surface area contributed by atoms with Crippen LogP contribution in [0.4, 0.5) is 5.95 Å². The van der Waals surface area contributed by atoms with Crippen molar-refractivity contribution in [2.45, 2.75) is 39.3 Å². The first-order valence-corrected chi connectivity index (χ1v) is 10.7. The summed E-state index contributed by atoms with van der Waals surface area (Å²) in [6.45, 7) is 5.99. The van der Waals surface area contributed by atoms with Crippen LogP contribution in [0.1, 0.15) is 25.3 Å². The number of aromatic amines is 1. The predicted octanol–water partition coefficient (Wildman–Crippen LogP) is 1.41. The molecule has 9 nitrogen and oxygen atoms in total. The van der Waals surface area contributed by atoms with Gasteiger partial charge in [-0.3, -0.25) is 14.3 Å². The molecule has 0 radical (unpaired) electrons. The van der Waals surface area contributed by atoms with Gasteiger partial charge in [-0.2, -0.15) is 4.98 Å². The second-order valence-corrected chi connectivity index (χ2v) is 8.49. The fraction of sp³-hybridized carbons (Fsp3) is 0.500. The van der Waals surface area contributed by atoms with E-state index in [1.165, 1.54) is 4.57 Å². The van der Waals surface area contributed by atoms with E-state index in [0.29, 0.717) is 23.3 Å². The number of hydrogen-bond donors (Lipinski definition) is 2. The highest BCUT2D eigenvalue weighted by Gasteiger charge is 2.26. The molecule has 1 saturated heterocycles. The summed E-state index contributed by atoms with van der Waals surface area (Å²) in [5.41, 5.74) is 0.651. The van der Waals surface area contributed by atoms with Gasteiger partial charge in [0.25, 0.3) is 5.56 Å². The summed E-state index contributed by atoms with van der Waals surface area (Å²) < 4.78 is 8.80. The molecule has 0 amide bonds. The standard InChI is InChI=1S/C22H29N5O4/c1-14-6-4-8-17(10-14)31-13-16(28)12-27-18-19(25(3)22(30)24-20(18)29)23-21(27)26-9-5-7-15(2)11-26/h4,6,8,10,15-16,28H,5,7,9,11-13H2,1-3H3,(H,24,29,30)/t15-,16+/m1/s1. The number of piperidine rings is 1. The second-order valence-electron chi connectivity index (χ2n) is 8.49. The van der Waals surface area contributed by atoms with Gasteiger partial charge in [0.05, 0.1) is 6.54 Å². The molecule has 3 heterocycles. The Kier molecular flexibility index (Phi) is 5.86. The van der Waals surface area contributed by atoms with E-state index in [1.54, 1.807) is 11.6 Å². The van der Waals surface area contributed by atoms with Crippen molar-refractivity contribution in [2.75, 3.05) is 24.6 Å². The number of anilines is 1. The van der Waals surface area contributed by atoms with E-state index < -0.39 is 17.4 Å². The van der Waals surface area contributed by atoms with Crippen molar-refractivity contribution >= 4 is 17.1 Å². The number of hydrogen-bond acceptors (Lipinski definition) is 6. The van der Waals surface area contributed by atoms with Crippen LogP contribution in [-0.2, 0) is 13.6 Å². The van der Waals surface area contributed by atoms with Crippen molar-refractivity contribution in [3.05, 3.63) is 50.7 Å². The van der Waals surface area contributed by atoms with Crippen LogP contribution in [0.25, 0.3) is 11.2 Å². The highest BCUT2D eigenvalue weighted by molar-refractivity contribution is 5.74. The number of benzene rings is 1. The van der Waals surface area contributed by atoms with E-state index in [4.69, 9.17) is 4.74 Å².